The molecular weight excluding hydrogens is 236 g/mol. The summed E-state index contributed by atoms with van der Waals surface area (Å²) in [5.41, 5.74) is -0.0185. The molecule has 0 aliphatic heterocycles. The van der Waals surface area contributed by atoms with Crippen molar-refractivity contribution in [2.45, 2.75) is 38.5 Å². The third kappa shape index (κ3) is 3.27. The summed E-state index contributed by atoms with van der Waals surface area (Å²) in [6.07, 6.45) is 3.93. The Bertz CT molecular complexity index is 401. The number of carboxylic acid groups (broad SMARTS) is 1. The molecule has 0 saturated heterocycles. The van der Waals surface area contributed by atoms with Gasteiger partial charge in [-0.1, -0.05) is 5.21 Å². The number of hydrogen-bond donors (Lipinski definition) is 2. The molecule has 2 N–H and O–H groups in total. The number of nitrogens with one attached hydrogen (secondary N) is 1. The highest BCUT2D eigenvalue weighted by molar-refractivity contribution is 5.84. The van der Waals surface area contributed by atoms with Crippen LogP contribution < -0.4 is 5.32 Å². The molecule has 1 aliphatic rings. The Hall–Kier alpha value is -1.47. The average molecular weight is 254 g/mol. The number of carbonyl (C=O) groups is 1. The van der Waals surface area contributed by atoms with E-state index < -0.39 is 5.97 Å². The predicted octanol–water partition coefficient (Wildman–Crippen LogP) is 0.133. The zero-order chi connectivity index (χ0) is 13.0. The number of rotatable bonds is 7. The van der Waals surface area contributed by atoms with Crippen LogP contribution >= 0.6 is 0 Å². The fourth-order valence-electron chi connectivity index (χ4n) is 1.99. The lowest BCUT2D eigenvalue weighted by atomic mass is 9.89. The zero-order valence-corrected chi connectivity index (χ0v) is 10.4. The maximum atomic E-state index is 10.6. The van der Waals surface area contributed by atoms with E-state index in [-0.39, 0.29) is 5.69 Å². The van der Waals surface area contributed by atoms with Gasteiger partial charge in [0.15, 0.2) is 5.69 Å². The number of nitrogens with zero attached hydrogens (tertiary/aromatic N) is 3. The van der Waals surface area contributed by atoms with Crippen molar-refractivity contribution in [3.05, 3.63) is 11.9 Å². The van der Waals surface area contributed by atoms with Crippen molar-refractivity contribution in [2.24, 2.45) is 0 Å². The average Bonchev–Trinajstić information content (AvgIpc) is 2.74. The van der Waals surface area contributed by atoms with Gasteiger partial charge in [0, 0.05) is 19.2 Å². The van der Waals surface area contributed by atoms with Crippen LogP contribution in [-0.4, -0.2) is 51.4 Å². The summed E-state index contributed by atoms with van der Waals surface area (Å²) < 4.78 is 7.01. The third-order valence-corrected chi connectivity index (χ3v) is 3.03. The lowest BCUT2D eigenvalue weighted by molar-refractivity contribution is -0.00990. The highest BCUT2D eigenvalue weighted by atomic mass is 16.5. The quantitative estimate of drug-likeness (QED) is 0.719. The van der Waals surface area contributed by atoms with Crippen LogP contribution in [0.2, 0.25) is 0 Å². The van der Waals surface area contributed by atoms with Crippen molar-refractivity contribution in [1.82, 2.24) is 20.3 Å². The van der Waals surface area contributed by atoms with E-state index in [0.29, 0.717) is 18.7 Å². The fraction of sp³-hybridized carbons (Fsp3) is 0.727. The maximum absolute atomic E-state index is 10.6. The summed E-state index contributed by atoms with van der Waals surface area (Å²) in [5, 5.41) is 19.4. The van der Waals surface area contributed by atoms with Gasteiger partial charge in [-0.25, -0.2) is 4.79 Å². The van der Waals surface area contributed by atoms with Gasteiger partial charge in [-0.05, 0) is 19.8 Å². The first-order chi connectivity index (χ1) is 8.69. The smallest absolute Gasteiger partial charge is 0.358 e. The van der Waals surface area contributed by atoms with Crippen LogP contribution in [0, 0.1) is 0 Å². The molecule has 1 heterocycles. The summed E-state index contributed by atoms with van der Waals surface area (Å²) in [5.74, 6) is -1.05. The molecule has 0 amide bonds. The molecular formula is C11H18N4O3. The molecule has 0 bridgehead atoms. The Morgan fingerprint density at radius 2 is 2.44 bits per heavy atom. The molecule has 7 heteroatoms. The molecule has 0 atom stereocenters. The first kappa shape index (κ1) is 13.0. The second-order valence-corrected chi connectivity index (χ2v) is 4.37. The Balaban J connectivity index is 1.62. The van der Waals surface area contributed by atoms with Crippen molar-refractivity contribution >= 4 is 5.97 Å². The number of aromatic carboxylic acids is 1. The fourth-order valence-corrected chi connectivity index (χ4v) is 1.99. The van der Waals surface area contributed by atoms with Crippen molar-refractivity contribution in [2.75, 3.05) is 13.2 Å². The molecule has 1 aliphatic carbocycles. The largest absolute Gasteiger partial charge is 0.476 e. The van der Waals surface area contributed by atoms with Crippen molar-refractivity contribution in [1.29, 1.82) is 0 Å². The number of ether oxygens (including phenoxy) is 1. The standard InChI is InChI=1S/C11H18N4O3/c1-2-18-9-5-8(6-9)12-3-4-15-7-10(11(16)17)13-14-15/h7-9,12H,2-6H2,1H3,(H,16,17). The minimum Gasteiger partial charge on any atom is -0.476 e. The summed E-state index contributed by atoms with van der Waals surface area (Å²) in [7, 11) is 0. The molecule has 1 fully saturated rings. The van der Waals surface area contributed by atoms with Gasteiger partial charge < -0.3 is 15.2 Å². The lowest BCUT2D eigenvalue weighted by Crippen LogP contribution is -2.46. The summed E-state index contributed by atoms with van der Waals surface area (Å²) in [6, 6.07) is 0.504. The second kappa shape index (κ2) is 5.92. The molecule has 1 saturated carbocycles. The van der Waals surface area contributed by atoms with E-state index in [1.54, 1.807) is 0 Å². The molecule has 1 aromatic heterocycles. The van der Waals surface area contributed by atoms with Crippen LogP contribution in [0.25, 0.3) is 0 Å². The van der Waals surface area contributed by atoms with E-state index in [9.17, 15) is 4.79 Å². The molecule has 100 valence electrons. The van der Waals surface area contributed by atoms with E-state index in [0.717, 1.165) is 26.0 Å². The Morgan fingerprint density at radius 3 is 3.06 bits per heavy atom. The van der Waals surface area contributed by atoms with Gasteiger partial charge in [-0.15, -0.1) is 5.10 Å². The van der Waals surface area contributed by atoms with E-state index in [2.05, 4.69) is 15.6 Å². The molecule has 7 nitrogen and oxygen atoms in total. The Kier molecular flexibility index (Phi) is 4.27. The number of hydrogen-bond acceptors (Lipinski definition) is 5. The van der Waals surface area contributed by atoms with Gasteiger partial charge in [0.05, 0.1) is 18.8 Å². The normalized spacial score (nSPS) is 22.7. The lowest BCUT2D eigenvalue weighted by Gasteiger charge is -2.35. The number of carboxylic acids is 1. The van der Waals surface area contributed by atoms with Crippen LogP contribution in [-0.2, 0) is 11.3 Å². The predicted molar refractivity (Wildman–Crippen MR) is 63.4 cm³/mol. The van der Waals surface area contributed by atoms with E-state index in [1.165, 1.54) is 10.9 Å². The molecule has 0 unspecified atom stereocenters. The first-order valence-electron chi connectivity index (χ1n) is 6.17. The summed E-state index contributed by atoms with van der Waals surface area (Å²) in [4.78, 5) is 10.6. The van der Waals surface area contributed by atoms with Gasteiger partial charge in [-0.2, -0.15) is 0 Å². The monoisotopic (exact) mass is 254 g/mol. The zero-order valence-electron chi connectivity index (χ0n) is 10.4. The van der Waals surface area contributed by atoms with Crippen LogP contribution in [0.4, 0.5) is 0 Å². The molecule has 0 radical (unpaired) electrons. The molecule has 2 rings (SSSR count). The summed E-state index contributed by atoms with van der Waals surface area (Å²) >= 11 is 0. The van der Waals surface area contributed by atoms with Gasteiger partial charge in [0.25, 0.3) is 0 Å². The van der Waals surface area contributed by atoms with Crippen LogP contribution in [0.1, 0.15) is 30.3 Å². The van der Waals surface area contributed by atoms with Gasteiger partial charge in [0.2, 0.25) is 0 Å². The second-order valence-electron chi connectivity index (χ2n) is 4.37. The van der Waals surface area contributed by atoms with Crippen LogP contribution in [0.3, 0.4) is 0 Å². The Labute approximate surface area is 105 Å². The summed E-state index contributed by atoms with van der Waals surface area (Å²) in [6.45, 7) is 4.15. The van der Waals surface area contributed by atoms with E-state index in [1.807, 2.05) is 6.92 Å². The SMILES string of the molecule is CCOC1CC(NCCn2cc(C(=O)O)nn2)C1. The molecule has 0 spiro atoms. The highest BCUT2D eigenvalue weighted by Crippen LogP contribution is 2.22. The third-order valence-electron chi connectivity index (χ3n) is 3.03. The molecule has 1 aromatic rings. The molecule has 0 aromatic carbocycles. The van der Waals surface area contributed by atoms with E-state index >= 15 is 0 Å². The van der Waals surface area contributed by atoms with Crippen molar-refractivity contribution in [3.63, 3.8) is 0 Å². The molecule has 18 heavy (non-hydrogen) atoms. The highest BCUT2D eigenvalue weighted by Gasteiger charge is 2.28. The first-order valence-corrected chi connectivity index (χ1v) is 6.17. The topological polar surface area (TPSA) is 89.3 Å². The number of aromatic nitrogens is 3. The van der Waals surface area contributed by atoms with Gasteiger partial charge in [0.1, 0.15) is 0 Å². The van der Waals surface area contributed by atoms with Crippen molar-refractivity contribution in [3.8, 4) is 0 Å². The maximum Gasteiger partial charge on any atom is 0.358 e. The Morgan fingerprint density at radius 1 is 1.67 bits per heavy atom. The van der Waals surface area contributed by atoms with E-state index in [4.69, 9.17) is 9.84 Å². The van der Waals surface area contributed by atoms with Crippen LogP contribution in [0.5, 0.6) is 0 Å². The minimum absolute atomic E-state index is 0.0185. The van der Waals surface area contributed by atoms with Gasteiger partial charge >= 0.3 is 5.97 Å². The van der Waals surface area contributed by atoms with Crippen molar-refractivity contribution < 1.29 is 14.6 Å². The van der Waals surface area contributed by atoms with Gasteiger partial charge in [-0.3, -0.25) is 4.68 Å². The van der Waals surface area contributed by atoms with Crippen LogP contribution in [0.15, 0.2) is 6.20 Å². The minimum atomic E-state index is -1.05.